The molecule has 368 valence electrons. The first kappa shape index (κ1) is 55.2. The Labute approximate surface area is 378 Å². The van der Waals surface area contributed by atoms with Crippen LogP contribution in [0.3, 0.4) is 0 Å². The number of carbonyl (C=O) groups is 4. The maximum Gasteiger partial charge on any atom is 0.308 e. The topological polar surface area (TPSA) is 226 Å². The standard InChI is InChI=1S/C45H76N2O17/c1-15-33-31(22-58-44-43(57-14)42(56-13)38(53)26(5)59-44)18-23(2)16-17-34(51)46-24(3)19-30(20-36(54-11)55-12)39(25(4)32(50)21-35(52)63-33)64-45-41(62-29(8)49)37(47(9)10)40(27(6)60-45)61-28(7)48/h16-18,24-27,30-33,36-45,50,53H,15,19-22H2,1-14H3,(H,46,51)/b17-16+,23-18+/t24-,25+,26-,27-,30-,31-,32-,33?,37+,38-,39-,40-,41-,42-,43-,44-,45+/m1/s1. The van der Waals surface area contributed by atoms with Gasteiger partial charge in [0, 0.05) is 72.7 Å². The SMILES string of the molecule is CCC1OC(=O)C[C@@H](O)[C@H](C)[C@@H](O[C@@H]2O[C@H](C)[C@@H](OC(C)=O)[C@H](N(C)C)[C@H]2OC(C)=O)[C@@H](CC(OC)OC)C[C@@H](C)NC(=O)/C=C/C(C)=C/[C@@H]1CO[C@@H]1O[C@H](C)[C@@H](O)[C@@H](OC)[C@H]1OC. The number of methoxy groups -OCH3 is 4. The zero-order valence-electron chi connectivity index (χ0n) is 40.1. The van der Waals surface area contributed by atoms with Gasteiger partial charge in [-0.3, -0.25) is 24.1 Å². The van der Waals surface area contributed by atoms with Crippen molar-refractivity contribution in [2.75, 3.05) is 49.1 Å². The van der Waals surface area contributed by atoms with Gasteiger partial charge in [0.2, 0.25) is 5.91 Å². The van der Waals surface area contributed by atoms with Crippen LogP contribution in [0.25, 0.3) is 0 Å². The van der Waals surface area contributed by atoms with Gasteiger partial charge in [-0.15, -0.1) is 0 Å². The van der Waals surface area contributed by atoms with E-state index >= 15 is 0 Å². The second kappa shape index (κ2) is 26.3. The second-order valence-corrected chi connectivity index (χ2v) is 17.4. The molecule has 0 radical (unpaired) electrons. The second-order valence-electron chi connectivity index (χ2n) is 17.4. The average molecular weight is 917 g/mol. The lowest BCUT2D eigenvalue weighted by Crippen LogP contribution is -2.65. The Bertz CT molecular complexity index is 1540. The number of amides is 1. The monoisotopic (exact) mass is 917 g/mol. The quantitative estimate of drug-likeness (QED) is 0.122. The number of aliphatic hydroxyl groups is 2. The number of cyclic esters (lactones) is 1. The maximum atomic E-state index is 13.9. The average Bonchev–Trinajstić information content (AvgIpc) is 3.22. The molecule has 64 heavy (non-hydrogen) atoms. The van der Waals surface area contributed by atoms with E-state index in [9.17, 15) is 29.4 Å². The highest BCUT2D eigenvalue weighted by Crippen LogP contribution is 2.36. The number of aliphatic hydroxyl groups excluding tert-OH is 2. The molecule has 17 atom stereocenters. The minimum atomic E-state index is -1.35. The molecule has 2 saturated heterocycles. The number of allylic oxidation sites excluding steroid dienone is 2. The third-order valence-corrected chi connectivity index (χ3v) is 12.2. The van der Waals surface area contributed by atoms with Crippen molar-refractivity contribution in [3.05, 3.63) is 23.8 Å². The highest BCUT2D eigenvalue weighted by molar-refractivity contribution is 5.88. The van der Waals surface area contributed by atoms with Gasteiger partial charge in [0.15, 0.2) is 25.0 Å². The summed E-state index contributed by atoms with van der Waals surface area (Å²) in [7, 11) is 9.41. The fraction of sp³-hybridized carbons (Fsp3) is 0.822. The molecule has 1 amide bonds. The molecule has 0 aromatic carbocycles. The van der Waals surface area contributed by atoms with Crippen molar-refractivity contribution in [2.45, 2.75) is 173 Å². The van der Waals surface area contributed by atoms with E-state index in [0.29, 0.717) is 12.0 Å². The summed E-state index contributed by atoms with van der Waals surface area (Å²) in [4.78, 5) is 54.1. The van der Waals surface area contributed by atoms with Gasteiger partial charge in [0.05, 0.1) is 43.5 Å². The number of likely N-dealkylation sites (N-methyl/N-ethyl adjacent to an activating group) is 1. The Morgan fingerprint density at radius 2 is 1.47 bits per heavy atom. The van der Waals surface area contributed by atoms with Crippen LogP contribution in [-0.4, -0.2) is 180 Å². The summed E-state index contributed by atoms with van der Waals surface area (Å²) >= 11 is 0. The van der Waals surface area contributed by atoms with Crippen molar-refractivity contribution < 1.29 is 81.5 Å². The number of hydrogen-bond donors (Lipinski definition) is 3. The summed E-state index contributed by atoms with van der Waals surface area (Å²) in [5.41, 5.74) is 0.681. The van der Waals surface area contributed by atoms with Crippen LogP contribution < -0.4 is 5.32 Å². The molecule has 3 N–H and O–H groups in total. The Kier molecular flexibility index (Phi) is 22.7. The molecular weight excluding hydrogens is 840 g/mol. The number of esters is 3. The summed E-state index contributed by atoms with van der Waals surface area (Å²) < 4.78 is 65.7. The fourth-order valence-electron chi connectivity index (χ4n) is 8.86. The van der Waals surface area contributed by atoms with Crippen molar-refractivity contribution in [1.82, 2.24) is 10.2 Å². The van der Waals surface area contributed by atoms with E-state index in [0.717, 1.165) is 0 Å². The molecule has 19 heteroatoms. The van der Waals surface area contributed by atoms with Crippen molar-refractivity contribution in [1.29, 1.82) is 0 Å². The molecule has 0 aromatic rings. The molecule has 2 fully saturated rings. The van der Waals surface area contributed by atoms with Crippen LogP contribution in [0.1, 0.15) is 81.1 Å². The number of nitrogens with one attached hydrogen (secondary N) is 1. The first-order chi connectivity index (χ1) is 30.2. The summed E-state index contributed by atoms with van der Waals surface area (Å²) in [6.45, 7) is 13.1. The Hall–Kier alpha value is -3.08. The number of rotatable bonds is 15. The molecule has 0 bridgehead atoms. The lowest BCUT2D eigenvalue weighted by Gasteiger charge is -2.48. The predicted octanol–water partition coefficient (Wildman–Crippen LogP) is 2.42. The number of carbonyl (C=O) groups excluding carboxylic acids is 4. The summed E-state index contributed by atoms with van der Waals surface area (Å²) in [5.74, 6) is -4.20. The molecule has 3 aliphatic heterocycles. The Balaban J connectivity index is 2.08. The zero-order valence-corrected chi connectivity index (χ0v) is 40.1. The van der Waals surface area contributed by atoms with Crippen LogP contribution in [0.5, 0.6) is 0 Å². The van der Waals surface area contributed by atoms with Crippen molar-refractivity contribution in [3.63, 3.8) is 0 Å². The van der Waals surface area contributed by atoms with Crippen molar-refractivity contribution in [2.24, 2.45) is 17.8 Å². The van der Waals surface area contributed by atoms with E-state index in [4.69, 9.17) is 52.1 Å². The predicted molar refractivity (Wildman–Crippen MR) is 230 cm³/mol. The summed E-state index contributed by atoms with van der Waals surface area (Å²) in [6.07, 6.45) is -6.53. The zero-order chi connectivity index (χ0) is 48.0. The first-order valence-electron chi connectivity index (χ1n) is 22.1. The molecule has 1 unspecified atom stereocenters. The summed E-state index contributed by atoms with van der Waals surface area (Å²) in [5, 5.41) is 25.7. The molecule has 3 rings (SSSR count). The van der Waals surface area contributed by atoms with E-state index in [1.54, 1.807) is 45.8 Å². The lowest BCUT2D eigenvalue weighted by molar-refractivity contribution is -0.309. The Morgan fingerprint density at radius 3 is 2.03 bits per heavy atom. The third kappa shape index (κ3) is 15.5. The number of hydrogen-bond acceptors (Lipinski definition) is 18. The number of nitrogens with zero attached hydrogens (tertiary/aromatic N) is 1. The van der Waals surface area contributed by atoms with Gasteiger partial charge >= 0.3 is 17.9 Å². The largest absolute Gasteiger partial charge is 0.462 e. The normalized spacial score (nSPS) is 38.7. The Morgan fingerprint density at radius 1 is 0.859 bits per heavy atom. The fourth-order valence-corrected chi connectivity index (χ4v) is 8.86. The molecule has 0 saturated carbocycles. The highest BCUT2D eigenvalue weighted by Gasteiger charge is 2.52. The molecule has 0 aliphatic carbocycles. The van der Waals surface area contributed by atoms with Gasteiger partial charge < -0.3 is 67.6 Å². The minimum absolute atomic E-state index is 0.0176. The van der Waals surface area contributed by atoms with Crippen LogP contribution in [0, 0.1) is 17.8 Å². The van der Waals surface area contributed by atoms with Gasteiger partial charge in [-0.2, -0.15) is 0 Å². The van der Waals surface area contributed by atoms with Crippen LogP contribution in [-0.2, 0) is 71.3 Å². The molecule has 3 aliphatic rings. The van der Waals surface area contributed by atoms with E-state index in [1.165, 1.54) is 48.4 Å². The maximum absolute atomic E-state index is 13.9. The smallest absolute Gasteiger partial charge is 0.308 e. The van der Waals surface area contributed by atoms with E-state index in [-0.39, 0.29) is 25.4 Å². The van der Waals surface area contributed by atoms with Gasteiger partial charge in [0.25, 0.3) is 0 Å². The summed E-state index contributed by atoms with van der Waals surface area (Å²) in [6, 6.07) is -1.19. The molecule has 19 nitrogen and oxygen atoms in total. The lowest BCUT2D eigenvalue weighted by atomic mass is 9.81. The first-order valence-corrected chi connectivity index (χ1v) is 22.1. The molecule has 0 aromatic heterocycles. The van der Waals surface area contributed by atoms with Gasteiger partial charge in [0.1, 0.15) is 30.5 Å². The van der Waals surface area contributed by atoms with Crippen molar-refractivity contribution in [3.8, 4) is 0 Å². The van der Waals surface area contributed by atoms with Crippen molar-refractivity contribution >= 4 is 23.8 Å². The molecular formula is C45H76N2O17. The number of ether oxygens (including phenoxy) is 11. The van der Waals surface area contributed by atoms with Crippen LogP contribution in [0.2, 0.25) is 0 Å². The van der Waals surface area contributed by atoms with Crippen LogP contribution in [0.15, 0.2) is 23.8 Å². The molecule has 0 spiro atoms. The molecule has 3 heterocycles. The van der Waals surface area contributed by atoms with E-state index in [1.807, 2.05) is 26.8 Å². The minimum Gasteiger partial charge on any atom is -0.462 e. The third-order valence-electron chi connectivity index (χ3n) is 12.2. The van der Waals surface area contributed by atoms with Gasteiger partial charge in [-0.05, 0) is 60.5 Å². The van der Waals surface area contributed by atoms with Gasteiger partial charge in [-0.25, -0.2) is 0 Å². The van der Waals surface area contributed by atoms with E-state index < -0.39 is 134 Å². The van der Waals surface area contributed by atoms with Crippen LogP contribution >= 0.6 is 0 Å². The van der Waals surface area contributed by atoms with Crippen LogP contribution in [0.4, 0.5) is 0 Å². The van der Waals surface area contributed by atoms with Gasteiger partial charge in [-0.1, -0.05) is 31.6 Å². The van der Waals surface area contributed by atoms with E-state index in [2.05, 4.69) is 5.32 Å². The highest BCUT2D eigenvalue weighted by atomic mass is 16.7.